The van der Waals surface area contributed by atoms with Crippen molar-refractivity contribution in [3.05, 3.63) is 18.2 Å². The monoisotopic (exact) mass is 297 g/mol. The number of hydrogen-bond acceptors (Lipinski definition) is 5. The second-order valence-corrected chi connectivity index (χ2v) is 6.42. The molecule has 0 amide bonds. The van der Waals surface area contributed by atoms with Gasteiger partial charge in [0.2, 0.25) is 0 Å². The number of amidine groups is 1. The van der Waals surface area contributed by atoms with Crippen LogP contribution in [0.25, 0.3) is 0 Å². The topological polar surface area (TPSA) is 79.7 Å². The van der Waals surface area contributed by atoms with Gasteiger partial charge in [-0.05, 0) is 32.2 Å². The van der Waals surface area contributed by atoms with Gasteiger partial charge in [-0.15, -0.1) is 0 Å². The average Bonchev–Trinajstić information content (AvgIpc) is 2.90. The second-order valence-electron chi connectivity index (χ2n) is 5.23. The second kappa shape index (κ2) is 6.49. The van der Waals surface area contributed by atoms with Crippen molar-refractivity contribution in [3.63, 3.8) is 0 Å². The molecule has 1 fully saturated rings. The third kappa shape index (κ3) is 3.09. The van der Waals surface area contributed by atoms with Crippen LogP contribution in [-0.4, -0.2) is 56.1 Å². The number of hydrogen-bond donors (Lipinski definition) is 2. The highest BCUT2D eigenvalue weighted by Crippen LogP contribution is 2.34. The quantitative estimate of drug-likeness (QED) is 0.365. The summed E-state index contributed by atoms with van der Waals surface area (Å²) in [5, 5.41) is 12.2. The van der Waals surface area contributed by atoms with E-state index in [4.69, 9.17) is 10.9 Å². The number of oxime groups is 1. The Labute approximate surface area is 124 Å². The highest BCUT2D eigenvalue weighted by atomic mass is 32.2. The molecule has 2 heterocycles. The van der Waals surface area contributed by atoms with Gasteiger partial charge in [-0.3, -0.25) is 0 Å². The third-order valence-electron chi connectivity index (χ3n) is 4.20. The first-order valence-electron chi connectivity index (χ1n) is 6.83. The maximum absolute atomic E-state index is 8.93. The highest BCUT2D eigenvalue weighted by Gasteiger charge is 2.37. The number of nitrogens with zero attached hydrogens (tertiary/aromatic N) is 4. The summed E-state index contributed by atoms with van der Waals surface area (Å²) in [7, 11) is 2.02. The number of piperidine rings is 1. The van der Waals surface area contributed by atoms with E-state index >= 15 is 0 Å². The standard InChI is InChI=1S/C13H23N5OS/c1-17-10-6-15-11(17)3-7-18-8-4-13(20-2,5-9-18)12(14)16-19/h6,10,19H,3-5,7-9H2,1-2H3,(H2,14,16). The predicted octanol–water partition coefficient (Wildman–Crippen LogP) is 0.907. The predicted molar refractivity (Wildman–Crippen MR) is 82.2 cm³/mol. The minimum Gasteiger partial charge on any atom is -0.409 e. The molecule has 1 aliphatic heterocycles. The van der Waals surface area contributed by atoms with Crippen LogP contribution in [0.4, 0.5) is 0 Å². The summed E-state index contributed by atoms with van der Waals surface area (Å²) < 4.78 is 1.86. The van der Waals surface area contributed by atoms with Crippen molar-refractivity contribution in [2.45, 2.75) is 24.0 Å². The lowest BCUT2D eigenvalue weighted by Crippen LogP contribution is -2.50. The Morgan fingerprint density at radius 3 is 2.75 bits per heavy atom. The van der Waals surface area contributed by atoms with E-state index in [1.165, 1.54) is 0 Å². The first-order valence-corrected chi connectivity index (χ1v) is 8.05. The number of rotatable bonds is 5. The molecule has 7 heteroatoms. The molecule has 112 valence electrons. The van der Waals surface area contributed by atoms with Gasteiger partial charge in [-0.2, -0.15) is 11.8 Å². The number of nitrogens with two attached hydrogens (primary N) is 1. The minimum atomic E-state index is -0.200. The van der Waals surface area contributed by atoms with Crippen molar-refractivity contribution < 1.29 is 5.21 Å². The molecule has 1 aromatic rings. The molecule has 6 nitrogen and oxygen atoms in total. The molecule has 3 N–H and O–H groups in total. The SMILES string of the molecule is CSC1(/C(N)=N/O)CCN(CCc2nccn2C)CC1. The number of aryl methyl sites for hydroxylation is 1. The van der Waals surface area contributed by atoms with E-state index in [2.05, 4.69) is 19.6 Å². The van der Waals surface area contributed by atoms with E-state index in [0.717, 1.165) is 44.7 Å². The molecular weight excluding hydrogens is 274 g/mol. The Hall–Kier alpha value is -1.21. The van der Waals surface area contributed by atoms with Gasteiger partial charge in [0.1, 0.15) is 5.82 Å². The number of thioether (sulfide) groups is 1. The van der Waals surface area contributed by atoms with E-state index in [1.54, 1.807) is 11.8 Å². The Kier molecular flexibility index (Phi) is 4.93. The molecule has 1 aromatic heterocycles. The van der Waals surface area contributed by atoms with Crippen LogP contribution in [-0.2, 0) is 13.5 Å². The van der Waals surface area contributed by atoms with Gasteiger partial charge in [0, 0.05) is 32.4 Å². The summed E-state index contributed by atoms with van der Waals surface area (Å²) >= 11 is 1.69. The van der Waals surface area contributed by atoms with Gasteiger partial charge in [-0.25, -0.2) is 4.98 Å². The average molecular weight is 297 g/mol. The normalized spacial score (nSPS) is 20.2. The Balaban J connectivity index is 1.86. The van der Waals surface area contributed by atoms with Crippen LogP contribution >= 0.6 is 11.8 Å². The van der Waals surface area contributed by atoms with Crippen LogP contribution in [0, 0.1) is 0 Å². The molecule has 0 aromatic carbocycles. The lowest BCUT2D eigenvalue weighted by atomic mass is 9.94. The molecule has 0 aliphatic carbocycles. The maximum Gasteiger partial charge on any atom is 0.155 e. The maximum atomic E-state index is 8.93. The lowest BCUT2D eigenvalue weighted by Gasteiger charge is -2.39. The van der Waals surface area contributed by atoms with E-state index in [9.17, 15) is 0 Å². The summed E-state index contributed by atoms with van der Waals surface area (Å²) in [5.74, 6) is 1.47. The summed E-state index contributed by atoms with van der Waals surface area (Å²) in [6, 6.07) is 0. The smallest absolute Gasteiger partial charge is 0.155 e. The van der Waals surface area contributed by atoms with Crippen molar-refractivity contribution in [2.24, 2.45) is 17.9 Å². The van der Waals surface area contributed by atoms with Crippen LogP contribution in [0.5, 0.6) is 0 Å². The van der Waals surface area contributed by atoms with E-state index < -0.39 is 0 Å². The molecule has 0 radical (unpaired) electrons. The first-order chi connectivity index (χ1) is 9.61. The van der Waals surface area contributed by atoms with Crippen LogP contribution in [0.1, 0.15) is 18.7 Å². The van der Waals surface area contributed by atoms with E-state index in [1.807, 2.05) is 25.7 Å². The van der Waals surface area contributed by atoms with Gasteiger partial charge < -0.3 is 20.4 Å². The Morgan fingerprint density at radius 1 is 1.55 bits per heavy atom. The van der Waals surface area contributed by atoms with Gasteiger partial charge in [-0.1, -0.05) is 5.16 Å². The highest BCUT2D eigenvalue weighted by molar-refractivity contribution is 8.00. The van der Waals surface area contributed by atoms with E-state index in [0.29, 0.717) is 5.84 Å². The molecule has 0 atom stereocenters. The largest absolute Gasteiger partial charge is 0.409 e. The summed E-state index contributed by atoms with van der Waals surface area (Å²) in [6.45, 7) is 2.95. The van der Waals surface area contributed by atoms with Crippen LogP contribution < -0.4 is 5.73 Å². The zero-order chi connectivity index (χ0) is 14.6. The minimum absolute atomic E-state index is 0.200. The Morgan fingerprint density at radius 2 is 2.25 bits per heavy atom. The zero-order valence-electron chi connectivity index (χ0n) is 12.1. The molecular formula is C13H23N5OS. The fourth-order valence-corrected chi connectivity index (χ4v) is 3.53. The number of likely N-dealkylation sites (tertiary alicyclic amines) is 1. The van der Waals surface area contributed by atoms with Crippen LogP contribution in [0.3, 0.4) is 0 Å². The molecule has 0 bridgehead atoms. The van der Waals surface area contributed by atoms with Gasteiger partial charge in [0.15, 0.2) is 5.84 Å². The summed E-state index contributed by atoms with van der Waals surface area (Å²) in [5.41, 5.74) is 5.86. The molecule has 0 spiro atoms. The van der Waals surface area contributed by atoms with Crippen molar-refractivity contribution >= 4 is 17.6 Å². The van der Waals surface area contributed by atoms with Crippen LogP contribution in [0.15, 0.2) is 17.5 Å². The molecule has 0 unspecified atom stereocenters. The number of aromatic nitrogens is 2. The van der Waals surface area contributed by atoms with Crippen molar-refractivity contribution in [2.75, 3.05) is 25.9 Å². The molecule has 2 rings (SSSR count). The van der Waals surface area contributed by atoms with Gasteiger partial charge in [0.05, 0.1) is 4.75 Å². The number of imidazole rings is 1. The van der Waals surface area contributed by atoms with Crippen LogP contribution in [0.2, 0.25) is 0 Å². The van der Waals surface area contributed by atoms with Crippen molar-refractivity contribution in [1.82, 2.24) is 14.5 Å². The fourth-order valence-electron chi connectivity index (χ4n) is 2.69. The van der Waals surface area contributed by atoms with E-state index in [-0.39, 0.29) is 4.75 Å². The molecule has 0 saturated carbocycles. The Bertz CT molecular complexity index is 465. The summed E-state index contributed by atoms with van der Waals surface area (Å²) in [4.78, 5) is 6.77. The molecule has 20 heavy (non-hydrogen) atoms. The molecule has 1 saturated heterocycles. The third-order valence-corrected chi connectivity index (χ3v) is 5.60. The van der Waals surface area contributed by atoms with Crippen molar-refractivity contribution in [3.8, 4) is 0 Å². The molecule has 1 aliphatic rings. The first kappa shape index (κ1) is 15.2. The van der Waals surface area contributed by atoms with Gasteiger partial charge >= 0.3 is 0 Å². The van der Waals surface area contributed by atoms with Gasteiger partial charge in [0.25, 0.3) is 0 Å². The zero-order valence-corrected chi connectivity index (χ0v) is 12.9. The van der Waals surface area contributed by atoms with Crippen molar-refractivity contribution in [1.29, 1.82) is 0 Å². The lowest BCUT2D eigenvalue weighted by molar-refractivity contribution is 0.217. The fraction of sp³-hybridized carbons (Fsp3) is 0.692. The summed E-state index contributed by atoms with van der Waals surface area (Å²) in [6.07, 6.45) is 8.64.